The van der Waals surface area contributed by atoms with E-state index in [9.17, 15) is 12.9 Å². The predicted molar refractivity (Wildman–Crippen MR) is 54.2 cm³/mol. The maximum atomic E-state index is 13.3. The molecule has 0 spiro atoms. The van der Waals surface area contributed by atoms with E-state index in [1.807, 2.05) is 0 Å². The van der Waals surface area contributed by atoms with Gasteiger partial charge in [0.15, 0.2) is 0 Å². The number of sulfonamides is 1. The third kappa shape index (κ3) is 2.23. The highest BCUT2D eigenvalue weighted by Gasteiger charge is 2.19. The van der Waals surface area contributed by atoms with Crippen molar-refractivity contribution in [3.63, 3.8) is 0 Å². The molecule has 0 amide bonds. The van der Waals surface area contributed by atoms with Crippen LogP contribution in [-0.4, -0.2) is 14.2 Å². The van der Waals surface area contributed by atoms with Gasteiger partial charge in [-0.2, -0.15) is 0 Å². The van der Waals surface area contributed by atoms with E-state index in [1.54, 1.807) is 19.1 Å². The molecule has 1 aromatic carbocycles. The minimum Gasteiger partial charge on any atom is -0.204 e. The van der Waals surface area contributed by atoms with Crippen molar-refractivity contribution in [3.8, 4) is 0 Å². The van der Waals surface area contributed by atoms with Crippen LogP contribution in [0.15, 0.2) is 24.3 Å². The van der Waals surface area contributed by atoms with Gasteiger partial charge in [0.05, 0.1) is 11.4 Å². The second kappa shape index (κ2) is 3.96. The Labute approximate surface area is 83.1 Å². The van der Waals surface area contributed by atoms with Gasteiger partial charge in [-0.15, -0.1) is 4.53 Å². The fourth-order valence-electron chi connectivity index (χ4n) is 1.01. The number of aryl methyl sites for hydroxylation is 1. The van der Waals surface area contributed by atoms with E-state index in [1.165, 1.54) is 19.1 Å². The molecule has 3 nitrogen and oxygen atoms in total. The lowest BCUT2D eigenvalue weighted by Gasteiger charge is -2.12. The minimum absolute atomic E-state index is 0.0480. The summed E-state index contributed by atoms with van der Waals surface area (Å²) in [5, 5.41) is 0. The molecule has 0 radical (unpaired) electrons. The lowest BCUT2D eigenvalue weighted by molar-refractivity contribution is 0.496. The molecule has 14 heavy (non-hydrogen) atoms. The van der Waals surface area contributed by atoms with Crippen LogP contribution >= 0.6 is 0 Å². The van der Waals surface area contributed by atoms with Crippen LogP contribution in [-0.2, 0) is 10.0 Å². The molecule has 0 unspecified atom stereocenters. The molecule has 0 N–H and O–H groups in total. The predicted octanol–water partition coefficient (Wildman–Crippen LogP) is 2.04. The van der Waals surface area contributed by atoms with Crippen LogP contribution in [0.4, 0.5) is 10.2 Å². The number of anilines is 1. The molecular formula is C9H12FNO2S. The van der Waals surface area contributed by atoms with Gasteiger partial charge in [-0.1, -0.05) is 16.6 Å². The van der Waals surface area contributed by atoms with Crippen LogP contribution in [0.25, 0.3) is 0 Å². The second-order valence-electron chi connectivity index (χ2n) is 2.95. The zero-order valence-corrected chi connectivity index (χ0v) is 8.88. The van der Waals surface area contributed by atoms with Gasteiger partial charge in [-0.3, -0.25) is 0 Å². The molecule has 0 aliphatic rings. The van der Waals surface area contributed by atoms with Gasteiger partial charge in [0.2, 0.25) is 0 Å². The third-order valence-corrected chi connectivity index (χ3v) is 3.24. The lowest BCUT2D eigenvalue weighted by Crippen LogP contribution is -2.23. The van der Waals surface area contributed by atoms with Gasteiger partial charge in [-0.25, -0.2) is 8.42 Å². The molecule has 0 heterocycles. The van der Waals surface area contributed by atoms with Crippen molar-refractivity contribution in [2.24, 2.45) is 0 Å². The summed E-state index contributed by atoms with van der Waals surface area (Å²) in [6, 6.07) is 6.28. The molecular weight excluding hydrogens is 205 g/mol. The first-order chi connectivity index (χ1) is 6.47. The molecule has 0 bridgehead atoms. The van der Waals surface area contributed by atoms with Crippen LogP contribution < -0.4 is 4.53 Å². The Balaban J connectivity index is 3.07. The Bertz CT molecular complexity index is 417. The fourth-order valence-corrected chi connectivity index (χ4v) is 1.67. The summed E-state index contributed by atoms with van der Waals surface area (Å²) in [6.45, 7) is 3.17. The van der Waals surface area contributed by atoms with Gasteiger partial charge in [0.1, 0.15) is 0 Å². The molecule has 78 valence electrons. The summed E-state index contributed by atoms with van der Waals surface area (Å²) in [5.74, 6) is -0.253. The van der Waals surface area contributed by atoms with Crippen LogP contribution in [0.3, 0.4) is 0 Å². The normalized spacial score (nSPS) is 11.4. The average molecular weight is 217 g/mol. The smallest absolute Gasteiger partial charge is 0.204 e. The van der Waals surface area contributed by atoms with Crippen molar-refractivity contribution >= 4 is 15.7 Å². The SMILES string of the molecule is CCS(=O)(=O)N(F)c1cccc(C)c1. The molecule has 0 aromatic heterocycles. The molecule has 0 atom stereocenters. The number of halogens is 1. The molecule has 0 saturated carbocycles. The van der Waals surface area contributed by atoms with Crippen LogP contribution in [0.5, 0.6) is 0 Å². The maximum Gasteiger partial charge on any atom is 0.261 e. The Hall–Kier alpha value is -1.10. The summed E-state index contributed by atoms with van der Waals surface area (Å²) >= 11 is 0. The highest BCUT2D eigenvalue weighted by Crippen LogP contribution is 2.19. The van der Waals surface area contributed by atoms with Crippen molar-refractivity contribution in [2.45, 2.75) is 13.8 Å². The van der Waals surface area contributed by atoms with Crippen molar-refractivity contribution in [1.82, 2.24) is 0 Å². The van der Waals surface area contributed by atoms with E-state index in [0.29, 0.717) is 0 Å². The van der Waals surface area contributed by atoms with Crippen molar-refractivity contribution < 1.29 is 12.9 Å². The first-order valence-corrected chi connectivity index (χ1v) is 5.83. The Morgan fingerprint density at radius 1 is 1.43 bits per heavy atom. The van der Waals surface area contributed by atoms with E-state index in [-0.39, 0.29) is 16.0 Å². The number of nitrogens with zero attached hydrogens (tertiary/aromatic N) is 1. The Morgan fingerprint density at radius 2 is 2.07 bits per heavy atom. The van der Waals surface area contributed by atoms with Crippen molar-refractivity contribution in [2.75, 3.05) is 10.3 Å². The maximum absolute atomic E-state index is 13.3. The molecule has 0 saturated heterocycles. The summed E-state index contributed by atoms with van der Waals surface area (Å²) < 4.78 is 35.5. The van der Waals surface area contributed by atoms with Crippen LogP contribution in [0.1, 0.15) is 12.5 Å². The standard InChI is InChI=1S/C9H12FNO2S/c1-3-14(12,13)11(10)9-6-4-5-8(2)7-9/h4-7H,3H2,1-2H3. The third-order valence-electron chi connectivity index (χ3n) is 1.81. The minimum atomic E-state index is -3.80. The topological polar surface area (TPSA) is 37.4 Å². The highest BCUT2D eigenvalue weighted by atomic mass is 32.2. The van der Waals surface area contributed by atoms with E-state index in [4.69, 9.17) is 0 Å². The number of benzene rings is 1. The zero-order valence-electron chi connectivity index (χ0n) is 8.07. The summed E-state index contributed by atoms with van der Waals surface area (Å²) in [5.41, 5.74) is 0.864. The van der Waals surface area contributed by atoms with E-state index in [0.717, 1.165) is 5.56 Å². The lowest BCUT2D eigenvalue weighted by atomic mass is 10.2. The second-order valence-corrected chi connectivity index (χ2v) is 5.02. The number of hydrogen-bond acceptors (Lipinski definition) is 2. The summed E-state index contributed by atoms with van der Waals surface area (Å²) in [7, 11) is -3.80. The van der Waals surface area contributed by atoms with E-state index >= 15 is 0 Å². The average Bonchev–Trinajstić information content (AvgIpc) is 2.16. The number of hydrogen-bond donors (Lipinski definition) is 0. The van der Waals surface area contributed by atoms with Crippen LogP contribution in [0.2, 0.25) is 0 Å². The van der Waals surface area contributed by atoms with Crippen molar-refractivity contribution in [3.05, 3.63) is 29.8 Å². The molecule has 0 aliphatic heterocycles. The molecule has 1 rings (SSSR count). The van der Waals surface area contributed by atoms with Gasteiger partial charge < -0.3 is 0 Å². The van der Waals surface area contributed by atoms with Crippen LogP contribution in [0, 0.1) is 6.92 Å². The van der Waals surface area contributed by atoms with Crippen molar-refractivity contribution in [1.29, 1.82) is 0 Å². The summed E-state index contributed by atoms with van der Waals surface area (Å²) in [6.07, 6.45) is 0. The first-order valence-electron chi connectivity index (χ1n) is 4.23. The molecule has 0 aliphatic carbocycles. The van der Waals surface area contributed by atoms with E-state index in [2.05, 4.69) is 0 Å². The summed E-state index contributed by atoms with van der Waals surface area (Å²) in [4.78, 5) is 0. The quantitative estimate of drug-likeness (QED) is 0.726. The Kier molecular flexibility index (Phi) is 3.10. The highest BCUT2D eigenvalue weighted by molar-refractivity contribution is 7.92. The fraction of sp³-hybridized carbons (Fsp3) is 0.333. The largest absolute Gasteiger partial charge is 0.261 e. The van der Waals surface area contributed by atoms with Gasteiger partial charge in [0, 0.05) is 0 Å². The monoisotopic (exact) mass is 217 g/mol. The van der Waals surface area contributed by atoms with Gasteiger partial charge >= 0.3 is 0 Å². The van der Waals surface area contributed by atoms with Gasteiger partial charge in [-0.05, 0) is 31.5 Å². The zero-order chi connectivity index (χ0) is 10.8. The molecule has 5 heteroatoms. The number of rotatable bonds is 3. The van der Waals surface area contributed by atoms with E-state index < -0.39 is 10.0 Å². The first kappa shape index (κ1) is 11.0. The molecule has 0 fully saturated rings. The van der Waals surface area contributed by atoms with Gasteiger partial charge in [0.25, 0.3) is 10.0 Å². The Morgan fingerprint density at radius 3 is 2.57 bits per heavy atom. The molecule has 1 aromatic rings.